The van der Waals surface area contributed by atoms with Crippen LogP contribution in [0.5, 0.6) is 0 Å². The Morgan fingerprint density at radius 2 is 1.00 bits per heavy atom. The van der Waals surface area contributed by atoms with Crippen molar-refractivity contribution < 1.29 is 67.6 Å². The number of carbonyl (C=O) groups excluding carboxylic acids is 9. The van der Waals surface area contributed by atoms with Gasteiger partial charge in [-0.15, -0.1) is 0 Å². The van der Waals surface area contributed by atoms with Gasteiger partial charge in [0.2, 0.25) is 35.4 Å². The molecule has 14 N–H and O–H groups in total. The second-order valence-corrected chi connectivity index (χ2v) is 21.5. The van der Waals surface area contributed by atoms with Crippen LogP contribution in [0.25, 0.3) is 0 Å². The Labute approximate surface area is 440 Å². The van der Waals surface area contributed by atoms with Crippen molar-refractivity contribution in [2.45, 2.75) is 193 Å². The quantitative estimate of drug-likeness (QED) is 0.109. The molecule has 0 saturated carbocycles. The maximum absolute atomic E-state index is 14.5. The van der Waals surface area contributed by atoms with Crippen LogP contribution in [0.2, 0.25) is 0 Å². The van der Waals surface area contributed by atoms with Crippen LogP contribution in [0.3, 0.4) is 0 Å². The van der Waals surface area contributed by atoms with E-state index in [1.165, 1.54) is 6.92 Å². The van der Waals surface area contributed by atoms with Crippen molar-refractivity contribution in [2.75, 3.05) is 26.2 Å². The van der Waals surface area contributed by atoms with Crippen molar-refractivity contribution >= 4 is 53.7 Å². The van der Waals surface area contributed by atoms with E-state index in [1.807, 2.05) is 0 Å². The summed E-state index contributed by atoms with van der Waals surface area (Å²) in [5.41, 5.74) is 4.28. The summed E-state index contributed by atoms with van der Waals surface area (Å²) in [6.07, 6.45) is -6.29. The minimum absolute atomic E-state index is 0.0986. The van der Waals surface area contributed by atoms with Crippen molar-refractivity contribution in [3.05, 3.63) is 35.9 Å². The molecule has 0 bridgehead atoms. The largest absolute Gasteiger partial charge is 0.444 e. The summed E-state index contributed by atoms with van der Waals surface area (Å²) in [6.45, 7) is 18.7. The molecule has 1 aromatic rings. The maximum Gasteiger partial charge on any atom is 0.407 e. The average molecular weight is 1060 g/mol. The molecule has 10 unspecified atom stereocenters. The first-order chi connectivity index (χ1) is 34.8. The highest BCUT2D eigenvalue weighted by Gasteiger charge is 2.37. The van der Waals surface area contributed by atoms with E-state index >= 15 is 0 Å². The number of nitrogens with two attached hydrogens (primary N) is 1. The van der Waals surface area contributed by atoms with Crippen molar-refractivity contribution in [1.29, 1.82) is 0 Å². The summed E-state index contributed by atoms with van der Waals surface area (Å²) in [5.74, 6) is -5.85. The van der Waals surface area contributed by atoms with Crippen LogP contribution in [0.4, 0.5) is 14.4 Å². The molecule has 9 amide bonds. The van der Waals surface area contributed by atoms with Crippen molar-refractivity contribution in [1.82, 2.24) is 53.2 Å². The van der Waals surface area contributed by atoms with Gasteiger partial charge in [-0.1, -0.05) is 50.6 Å². The third-order valence-corrected chi connectivity index (χ3v) is 11.2. The molecule has 10 atom stereocenters. The van der Waals surface area contributed by atoms with Crippen LogP contribution < -0.4 is 58.9 Å². The monoisotopic (exact) mass is 1060 g/mol. The van der Waals surface area contributed by atoms with Gasteiger partial charge in [0.05, 0.1) is 18.2 Å². The summed E-state index contributed by atoms with van der Waals surface area (Å²) in [4.78, 5) is 124. The fourth-order valence-corrected chi connectivity index (χ4v) is 7.18. The molecule has 0 aromatic heterocycles. The molecule has 0 radical (unpaired) electrons. The fraction of sp³-hybridized carbons (Fsp3) is 0.700. The topological polar surface area (TPSA) is 368 Å². The van der Waals surface area contributed by atoms with Gasteiger partial charge in [0.25, 0.3) is 0 Å². The second kappa shape index (κ2) is 30.3. The third-order valence-electron chi connectivity index (χ3n) is 11.2. The Morgan fingerprint density at radius 3 is 1.41 bits per heavy atom. The lowest BCUT2D eigenvalue weighted by Crippen LogP contribution is -2.62. The number of benzene rings is 1. The molecule has 1 heterocycles. The molecular formula is C50H85N11O14. The van der Waals surface area contributed by atoms with Crippen LogP contribution in [0.1, 0.15) is 121 Å². The molecule has 1 aliphatic heterocycles. The fourth-order valence-electron chi connectivity index (χ4n) is 7.18. The molecule has 2 rings (SSSR count). The van der Waals surface area contributed by atoms with E-state index in [9.17, 15) is 53.4 Å². The molecule has 75 heavy (non-hydrogen) atoms. The minimum atomic E-state index is -1.69. The van der Waals surface area contributed by atoms with Crippen molar-refractivity contribution in [2.24, 2.45) is 11.7 Å². The van der Waals surface area contributed by atoms with Crippen LogP contribution in [0, 0.1) is 5.92 Å². The van der Waals surface area contributed by atoms with Gasteiger partial charge in [-0.05, 0) is 113 Å². The Bertz CT molecular complexity index is 2060. The lowest BCUT2D eigenvalue weighted by molar-refractivity contribution is -0.136. The van der Waals surface area contributed by atoms with E-state index in [0.29, 0.717) is 12.0 Å². The number of alkyl carbamates (subject to hydrolysis) is 3. The number of aliphatic hydroxyl groups is 2. The summed E-state index contributed by atoms with van der Waals surface area (Å²) >= 11 is 0. The van der Waals surface area contributed by atoms with E-state index in [2.05, 4.69) is 53.2 Å². The third kappa shape index (κ3) is 25.7. The van der Waals surface area contributed by atoms with Gasteiger partial charge in [-0.25, -0.2) is 14.4 Å². The number of ether oxygens (including phenoxy) is 3. The SMILES string of the molecule is CCC(C)C1NC(=O)C(Cc2ccccc2)NC(=O)C(CCNC(=O)OC(C)(C)C)NC(=O)C(N)CCNC(O)C(C(C)O)NC(=O)C(CCNC(=O)OC(C)(C)C)NC(=O)C(CCNC(=O)OC(C)(C)C)NC1=O. The number of nitrogens with one attached hydrogen (secondary N) is 10. The van der Waals surface area contributed by atoms with Gasteiger partial charge in [-0.3, -0.25) is 34.1 Å². The number of carbonyl (C=O) groups is 9. The number of aliphatic hydroxyl groups excluding tert-OH is 2. The van der Waals surface area contributed by atoms with Crippen LogP contribution in [-0.2, 0) is 49.4 Å². The van der Waals surface area contributed by atoms with E-state index in [1.54, 1.807) is 106 Å². The summed E-state index contributed by atoms with van der Waals surface area (Å²) in [7, 11) is 0. The Balaban J connectivity index is 2.76. The zero-order chi connectivity index (χ0) is 56.8. The van der Waals surface area contributed by atoms with Gasteiger partial charge in [0, 0.05) is 26.1 Å². The lowest BCUT2D eigenvalue weighted by atomic mass is 9.96. The first kappa shape index (κ1) is 64.8. The first-order valence-electron chi connectivity index (χ1n) is 25.4. The summed E-state index contributed by atoms with van der Waals surface area (Å²) < 4.78 is 16.0. The van der Waals surface area contributed by atoms with Gasteiger partial charge in [0.15, 0.2) is 0 Å². The first-order valence-corrected chi connectivity index (χ1v) is 25.4. The summed E-state index contributed by atoms with van der Waals surface area (Å²) in [6, 6.07) is -1.32. The van der Waals surface area contributed by atoms with Crippen LogP contribution >= 0.6 is 0 Å². The zero-order valence-corrected chi connectivity index (χ0v) is 45.6. The van der Waals surface area contributed by atoms with Gasteiger partial charge < -0.3 is 78.0 Å². The molecule has 0 aliphatic carbocycles. The minimum Gasteiger partial charge on any atom is -0.444 e. The second-order valence-electron chi connectivity index (χ2n) is 21.5. The highest BCUT2D eigenvalue weighted by Crippen LogP contribution is 2.14. The molecule has 424 valence electrons. The predicted molar refractivity (Wildman–Crippen MR) is 276 cm³/mol. The Kier molecular flexibility index (Phi) is 26.2. The molecule has 1 fully saturated rings. The van der Waals surface area contributed by atoms with Gasteiger partial charge >= 0.3 is 18.3 Å². The van der Waals surface area contributed by atoms with Crippen LogP contribution in [-0.4, -0.2) is 162 Å². The number of hydrogen-bond donors (Lipinski definition) is 13. The highest BCUT2D eigenvalue weighted by atomic mass is 16.6. The van der Waals surface area contributed by atoms with Gasteiger partial charge in [-0.2, -0.15) is 0 Å². The standard InChI is InChI=1S/C50H85N11O14/c1-13-28(2)36-44(69)58-33(21-25-54-46(71)74-49(7,8)9)39(64)57-34(22-26-55-47(72)75-50(10,11)12)41(66)61-37(29(3)62)43(68)52-23-19-31(51)38(63)56-32(20-24-53-45(70)73-48(4,5)6)40(65)59-35(42(67)60-36)27-30-17-15-14-16-18-30/h14-18,28-29,31-37,43,52,62,68H,13,19-27,51H2,1-12H3,(H,53,70)(H,54,71)(H,55,72)(H,56,63)(H,57,64)(H,58,69)(H,59,65)(H,60,67)(H,61,66). The maximum atomic E-state index is 14.5. The van der Waals surface area contributed by atoms with Gasteiger partial charge in [0.1, 0.15) is 53.2 Å². The molecule has 1 aliphatic rings. The molecule has 25 heteroatoms. The molecular weight excluding hydrogens is 979 g/mol. The Morgan fingerprint density at radius 1 is 0.613 bits per heavy atom. The number of amides is 9. The van der Waals surface area contributed by atoms with Crippen molar-refractivity contribution in [3.8, 4) is 0 Å². The van der Waals surface area contributed by atoms with E-state index in [4.69, 9.17) is 19.9 Å². The van der Waals surface area contributed by atoms with E-state index < -0.39 is 131 Å². The summed E-state index contributed by atoms with van der Waals surface area (Å²) in [5, 5.41) is 48.2. The predicted octanol–water partition coefficient (Wildman–Crippen LogP) is -0.0518. The van der Waals surface area contributed by atoms with Crippen molar-refractivity contribution in [3.63, 3.8) is 0 Å². The van der Waals surface area contributed by atoms with Crippen LogP contribution in [0.15, 0.2) is 30.3 Å². The molecule has 1 aromatic carbocycles. The Hall–Kier alpha value is -6.31. The van der Waals surface area contributed by atoms with E-state index in [-0.39, 0.29) is 58.3 Å². The molecule has 25 nitrogen and oxygen atoms in total. The normalized spacial score (nSPS) is 24.3. The molecule has 0 spiro atoms. The number of rotatable bonds is 14. The highest BCUT2D eigenvalue weighted by molar-refractivity contribution is 5.97. The molecule has 1 saturated heterocycles. The number of hydrogen-bond acceptors (Lipinski definition) is 16. The lowest BCUT2D eigenvalue weighted by Gasteiger charge is -2.31. The van der Waals surface area contributed by atoms with E-state index in [0.717, 1.165) is 0 Å². The zero-order valence-electron chi connectivity index (χ0n) is 45.6. The smallest absolute Gasteiger partial charge is 0.407 e. The average Bonchev–Trinajstić information content (AvgIpc) is 3.28.